The quantitative estimate of drug-likeness (QED) is 0.337. The van der Waals surface area contributed by atoms with Crippen LogP contribution in [0.3, 0.4) is 0 Å². The minimum absolute atomic E-state index is 0.417. The number of rotatable bonds is 3. The molecule has 0 saturated heterocycles. The van der Waals surface area contributed by atoms with Gasteiger partial charge in [-0.15, -0.1) is 0 Å². The normalized spacial score (nSPS) is 8.67. The second kappa shape index (κ2) is 4.09. The first-order chi connectivity index (χ1) is 4.22. The van der Waals surface area contributed by atoms with Crippen LogP contribution in [0.2, 0.25) is 0 Å². The fourth-order valence-corrected chi connectivity index (χ4v) is 0.494. The number of hydrogen-bond acceptors (Lipinski definition) is 2. The van der Waals surface area contributed by atoms with Crippen molar-refractivity contribution in [3.63, 3.8) is 0 Å². The molecule has 0 heterocycles. The Morgan fingerprint density at radius 2 is 2.33 bits per heavy atom. The van der Waals surface area contributed by atoms with Crippen LogP contribution >= 0.6 is 0 Å². The second-order valence-corrected chi connectivity index (χ2v) is 1.79. The maximum atomic E-state index is 10.4. The summed E-state index contributed by atoms with van der Waals surface area (Å²) in [5.74, 6) is -0.489. The Labute approximate surface area is 54.3 Å². The van der Waals surface area contributed by atoms with Gasteiger partial charge in [0.2, 0.25) is 0 Å². The summed E-state index contributed by atoms with van der Waals surface area (Å²) >= 11 is 0. The largest absolute Gasteiger partial charge is 0.288 e. The monoisotopic (exact) mass is 129 g/mol. The van der Waals surface area contributed by atoms with Crippen LogP contribution in [0.1, 0.15) is 19.8 Å². The molecule has 0 aliphatic heterocycles. The van der Waals surface area contributed by atoms with E-state index in [0.29, 0.717) is 12.0 Å². The first-order valence-corrected chi connectivity index (χ1v) is 2.84. The molecule has 0 aromatic heterocycles. The Kier molecular flexibility index (Phi) is 3.71. The molecule has 0 radical (unpaired) electrons. The number of carbonyl (C=O) groups excluding carboxylic acids is 1. The van der Waals surface area contributed by atoms with Gasteiger partial charge in [-0.3, -0.25) is 10.0 Å². The molecule has 2 N–H and O–H groups in total. The second-order valence-electron chi connectivity index (χ2n) is 1.79. The predicted molar refractivity (Wildman–Crippen MR) is 34.0 cm³/mol. The fraction of sp³-hybridized carbons (Fsp3) is 0.500. The molecule has 0 aliphatic carbocycles. The van der Waals surface area contributed by atoms with Gasteiger partial charge in [0, 0.05) is 5.57 Å². The molecule has 0 aliphatic rings. The molecule has 3 nitrogen and oxygen atoms in total. The highest BCUT2D eigenvalue weighted by atomic mass is 16.5. The van der Waals surface area contributed by atoms with Crippen LogP contribution in [-0.4, -0.2) is 11.1 Å². The van der Waals surface area contributed by atoms with Crippen LogP contribution < -0.4 is 5.48 Å². The predicted octanol–water partition coefficient (Wildman–Crippen LogP) is 0.848. The SMILES string of the molecule is C=C(CCC)C(=O)NO. The summed E-state index contributed by atoms with van der Waals surface area (Å²) in [6, 6.07) is 0. The van der Waals surface area contributed by atoms with Gasteiger partial charge in [0.25, 0.3) is 5.91 Å². The van der Waals surface area contributed by atoms with E-state index < -0.39 is 5.91 Å². The van der Waals surface area contributed by atoms with Gasteiger partial charge < -0.3 is 0 Å². The summed E-state index contributed by atoms with van der Waals surface area (Å²) in [4.78, 5) is 10.4. The summed E-state index contributed by atoms with van der Waals surface area (Å²) in [6.07, 6.45) is 1.50. The van der Waals surface area contributed by atoms with Crippen LogP contribution in [-0.2, 0) is 4.79 Å². The van der Waals surface area contributed by atoms with E-state index in [1.54, 1.807) is 0 Å². The van der Waals surface area contributed by atoms with Crippen molar-refractivity contribution in [2.24, 2.45) is 0 Å². The third kappa shape index (κ3) is 2.87. The van der Waals surface area contributed by atoms with Crippen molar-refractivity contribution >= 4 is 5.91 Å². The summed E-state index contributed by atoms with van der Waals surface area (Å²) in [6.45, 7) is 5.38. The van der Waals surface area contributed by atoms with Crippen LogP contribution in [0, 0.1) is 0 Å². The maximum Gasteiger partial charge on any atom is 0.269 e. The third-order valence-corrected chi connectivity index (χ3v) is 0.974. The fourth-order valence-electron chi connectivity index (χ4n) is 0.494. The third-order valence-electron chi connectivity index (χ3n) is 0.974. The summed E-state index contributed by atoms with van der Waals surface area (Å²) in [5.41, 5.74) is 1.93. The van der Waals surface area contributed by atoms with Crippen molar-refractivity contribution in [3.05, 3.63) is 12.2 Å². The molecule has 0 bridgehead atoms. The van der Waals surface area contributed by atoms with Crippen molar-refractivity contribution < 1.29 is 10.0 Å². The highest BCUT2D eigenvalue weighted by Crippen LogP contribution is 1.99. The van der Waals surface area contributed by atoms with Crippen LogP contribution in [0.4, 0.5) is 0 Å². The average Bonchev–Trinajstić information content (AvgIpc) is 1.87. The Hall–Kier alpha value is -0.830. The lowest BCUT2D eigenvalue weighted by molar-refractivity contribution is -0.125. The molecule has 0 rings (SSSR count). The minimum Gasteiger partial charge on any atom is -0.288 e. The van der Waals surface area contributed by atoms with Crippen molar-refractivity contribution in [1.29, 1.82) is 0 Å². The van der Waals surface area contributed by atoms with E-state index in [0.717, 1.165) is 6.42 Å². The lowest BCUT2D eigenvalue weighted by Crippen LogP contribution is -2.19. The topological polar surface area (TPSA) is 49.3 Å². The van der Waals surface area contributed by atoms with Crippen molar-refractivity contribution in [1.82, 2.24) is 5.48 Å². The molecule has 52 valence electrons. The summed E-state index contributed by atoms with van der Waals surface area (Å²) < 4.78 is 0. The number of amides is 1. The smallest absolute Gasteiger partial charge is 0.269 e. The van der Waals surface area contributed by atoms with Gasteiger partial charge >= 0.3 is 0 Å². The highest BCUT2D eigenvalue weighted by Gasteiger charge is 2.01. The van der Waals surface area contributed by atoms with Crippen molar-refractivity contribution in [2.45, 2.75) is 19.8 Å². The molecule has 0 aromatic rings. The molecular weight excluding hydrogens is 118 g/mol. The Morgan fingerprint density at radius 3 is 2.67 bits per heavy atom. The van der Waals surface area contributed by atoms with Gasteiger partial charge in [0.15, 0.2) is 0 Å². The number of carbonyl (C=O) groups is 1. The van der Waals surface area contributed by atoms with E-state index >= 15 is 0 Å². The van der Waals surface area contributed by atoms with E-state index in [1.807, 2.05) is 6.92 Å². The Morgan fingerprint density at radius 1 is 1.78 bits per heavy atom. The van der Waals surface area contributed by atoms with Crippen LogP contribution in [0.5, 0.6) is 0 Å². The molecular formula is C6H11NO2. The molecule has 3 heteroatoms. The van der Waals surface area contributed by atoms with Gasteiger partial charge in [-0.25, -0.2) is 5.48 Å². The molecule has 0 fully saturated rings. The maximum absolute atomic E-state index is 10.4. The lowest BCUT2D eigenvalue weighted by atomic mass is 10.2. The zero-order chi connectivity index (χ0) is 7.28. The van der Waals surface area contributed by atoms with Gasteiger partial charge in [-0.1, -0.05) is 19.9 Å². The molecule has 0 saturated carbocycles. The minimum atomic E-state index is -0.489. The van der Waals surface area contributed by atoms with E-state index in [4.69, 9.17) is 5.21 Å². The molecule has 0 unspecified atom stereocenters. The zero-order valence-corrected chi connectivity index (χ0v) is 5.48. The van der Waals surface area contributed by atoms with Gasteiger partial charge in [0.05, 0.1) is 0 Å². The van der Waals surface area contributed by atoms with Crippen LogP contribution in [0.25, 0.3) is 0 Å². The number of nitrogens with one attached hydrogen (secondary N) is 1. The molecule has 0 aromatic carbocycles. The number of hydroxylamine groups is 1. The zero-order valence-electron chi connectivity index (χ0n) is 5.48. The summed E-state index contributed by atoms with van der Waals surface area (Å²) in [5, 5.41) is 8.07. The highest BCUT2D eigenvalue weighted by molar-refractivity contribution is 5.91. The van der Waals surface area contributed by atoms with E-state index in [2.05, 4.69) is 6.58 Å². The Bertz CT molecular complexity index is 120. The van der Waals surface area contributed by atoms with E-state index in [-0.39, 0.29) is 0 Å². The van der Waals surface area contributed by atoms with Crippen molar-refractivity contribution in [3.8, 4) is 0 Å². The lowest BCUT2D eigenvalue weighted by Gasteiger charge is -1.98. The first kappa shape index (κ1) is 8.17. The van der Waals surface area contributed by atoms with Gasteiger partial charge in [0.1, 0.15) is 0 Å². The molecule has 1 amide bonds. The van der Waals surface area contributed by atoms with Crippen molar-refractivity contribution in [2.75, 3.05) is 0 Å². The molecule has 9 heavy (non-hydrogen) atoms. The van der Waals surface area contributed by atoms with Gasteiger partial charge in [-0.2, -0.15) is 0 Å². The number of hydrogen-bond donors (Lipinski definition) is 2. The van der Waals surface area contributed by atoms with Crippen LogP contribution in [0.15, 0.2) is 12.2 Å². The van der Waals surface area contributed by atoms with Gasteiger partial charge in [-0.05, 0) is 6.42 Å². The Balaban J connectivity index is 3.60. The summed E-state index contributed by atoms with van der Waals surface area (Å²) in [7, 11) is 0. The average molecular weight is 129 g/mol. The first-order valence-electron chi connectivity index (χ1n) is 2.84. The molecule has 0 atom stereocenters. The molecule has 0 spiro atoms. The van der Waals surface area contributed by atoms with E-state index in [9.17, 15) is 4.79 Å². The van der Waals surface area contributed by atoms with E-state index in [1.165, 1.54) is 5.48 Å². The standard InChI is InChI=1S/C6H11NO2/c1-3-4-5(2)6(8)7-9/h9H,2-4H2,1H3,(H,7,8).